The Balaban J connectivity index is 2.52. The van der Waals surface area contributed by atoms with E-state index < -0.39 is 11.9 Å². The Morgan fingerprint density at radius 3 is 2.37 bits per heavy atom. The van der Waals surface area contributed by atoms with Gasteiger partial charge in [-0.15, -0.1) is 0 Å². The molecular weight excluding hydrogens is 375 g/mol. The summed E-state index contributed by atoms with van der Waals surface area (Å²) in [5.41, 5.74) is 2.89. The fraction of sp³-hybridized carbons (Fsp3) is 0.200. The normalized spacial score (nSPS) is 12.5. The van der Waals surface area contributed by atoms with Crippen molar-refractivity contribution in [1.29, 1.82) is 0 Å². The Labute approximate surface area is 128 Å². The lowest BCUT2D eigenvalue weighted by Gasteiger charge is -2.16. The molecule has 0 bridgehead atoms. The molecule has 0 fully saturated rings. The van der Waals surface area contributed by atoms with Crippen LogP contribution in [0, 0.1) is 19.7 Å². The molecule has 0 radical (unpaired) electrons. The Bertz CT molecular complexity index is 626. The molecule has 1 atom stereocenters. The number of hydrogen-bond donors (Lipinski definition) is 1. The zero-order valence-electron chi connectivity index (χ0n) is 10.5. The van der Waals surface area contributed by atoms with E-state index in [2.05, 4.69) is 31.9 Å². The fourth-order valence-electron chi connectivity index (χ4n) is 1.91. The maximum atomic E-state index is 13.8. The average molecular weight is 388 g/mol. The smallest absolute Gasteiger partial charge is 0.129 e. The van der Waals surface area contributed by atoms with E-state index in [0.717, 1.165) is 20.1 Å². The lowest BCUT2D eigenvalue weighted by Crippen LogP contribution is -2.04. The van der Waals surface area contributed by atoms with Crippen molar-refractivity contribution in [1.82, 2.24) is 0 Å². The first-order chi connectivity index (χ1) is 8.90. The number of aliphatic hydroxyl groups is 1. The van der Waals surface area contributed by atoms with E-state index in [1.54, 1.807) is 12.1 Å². The maximum absolute atomic E-state index is 13.8. The van der Waals surface area contributed by atoms with Gasteiger partial charge in [-0.3, -0.25) is 0 Å². The Kier molecular flexibility index (Phi) is 4.43. The van der Waals surface area contributed by atoms with Crippen molar-refractivity contribution in [3.05, 3.63) is 67.3 Å². The van der Waals surface area contributed by atoms with Crippen molar-refractivity contribution in [2.45, 2.75) is 20.0 Å². The topological polar surface area (TPSA) is 20.2 Å². The van der Waals surface area contributed by atoms with Crippen LogP contribution in [0.4, 0.5) is 4.39 Å². The van der Waals surface area contributed by atoms with E-state index >= 15 is 0 Å². The molecule has 4 heteroatoms. The van der Waals surface area contributed by atoms with Gasteiger partial charge in [-0.05, 0) is 37.6 Å². The van der Waals surface area contributed by atoms with Gasteiger partial charge in [-0.25, -0.2) is 4.39 Å². The number of rotatable bonds is 2. The second-order valence-corrected chi connectivity index (χ2v) is 6.26. The van der Waals surface area contributed by atoms with E-state index in [1.807, 2.05) is 26.0 Å². The molecule has 1 unspecified atom stereocenters. The molecule has 0 saturated heterocycles. The summed E-state index contributed by atoms with van der Waals surface area (Å²) in [5, 5.41) is 10.4. The first-order valence-electron chi connectivity index (χ1n) is 5.80. The van der Waals surface area contributed by atoms with Gasteiger partial charge < -0.3 is 5.11 Å². The minimum absolute atomic E-state index is 0.288. The summed E-state index contributed by atoms with van der Waals surface area (Å²) in [7, 11) is 0. The van der Waals surface area contributed by atoms with Crippen molar-refractivity contribution in [3.63, 3.8) is 0 Å². The molecule has 2 rings (SSSR count). The summed E-state index contributed by atoms with van der Waals surface area (Å²) in [5.74, 6) is -0.401. The highest BCUT2D eigenvalue weighted by Crippen LogP contribution is 2.34. The van der Waals surface area contributed by atoms with Crippen LogP contribution >= 0.6 is 31.9 Å². The minimum atomic E-state index is -0.994. The minimum Gasteiger partial charge on any atom is -0.384 e. The summed E-state index contributed by atoms with van der Waals surface area (Å²) in [6, 6.07) is 8.44. The van der Waals surface area contributed by atoms with Crippen molar-refractivity contribution in [2.75, 3.05) is 0 Å². The van der Waals surface area contributed by atoms with Gasteiger partial charge in [0.1, 0.15) is 11.9 Å². The molecular formula is C15H13Br2FO. The van der Waals surface area contributed by atoms with Crippen LogP contribution in [0.25, 0.3) is 0 Å². The number of aryl methyl sites for hydroxylation is 2. The van der Waals surface area contributed by atoms with E-state index in [4.69, 9.17) is 0 Å². The third kappa shape index (κ3) is 3.07. The van der Waals surface area contributed by atoms with Crippen molar-refractivity contribution >= 4 is 31.9 Å². The second-order valence-electron chi connectivity index (χ2n) is 4.55. The molecule has 19 heavy (non-hydrogen) atoms. The van der Waals surface area contributed by atoms with Crippen LogP contribution in [0.1, 0.15) is 28.4 Å². The van der Waals surface area contributed by atoms with Crippen LogP contribution in [-0.2, 0) is 0 Å². The van der Waals surface area contributed by atoms with Crippen LogP contribution in [0.2, 0.25) is 0 Å². The molecule has 0 amide bonds. The Hall–Kier alpha value is -0.710. The SMILES string of the molecule is Cc1ccc(F)c(C(O)c2cc(Br)c(C)cc2Br)c1. The van der Waals surface area contributed by atoms with Crippen molar-refractivity contribution in [2.24, 2.45) is 0 Å². The zero-order valence-corrected chi connectivity index (χ0v) is 13.7. The molecule has 0 aliphatic heterocycles. The second kappa shape index (κ2) is 5.73. The maximum Gasteiger partial charge on any atom is 0.129 e. The predicted octanol–water partition coefficient (Wildman–Crippen LogP) is 5.05. The summed E-state index contributed by atoms with van der Waals surface area (Å²) >= 11 is 6.85. The molecule has 0 aliphatic rings. The van der Waals surface area contributed by atoms with Gasteiger partial charge in [0.2, 0.25) is 0 Å². The van der Waals surface area contributed by atoms with E-state index in [9.17, 15) is 9.50 Å². The molecule has 2 aromatic rings. The monoisotopic (exact) mass is 386 g/mol. The molecule has 0 aliphatic carbocycles. The molecule has 1 nitrogen and oxygen atoms in total. The van der Waals surface area contributed by atoms with Gasteiger partial charge in [0.05, 0.1) is 0 Å². The van der Waals surface area contributed by atoms with Crippen LogP contribution in [0.15, 0.2) is 39.3 Å². The van der Waals surface area contributed by atoms with Gasteiger partial charge >= 0.3 is 0 Å². The lowest BCUT2D eigenvalue weighted by molar-refractivity contribution is 0.214. The zero-order chi connectivity index (χ0) is 14.2. The summed E-state index contributed by atoms with van der Waals surface area (Å²) < 4.78 is 15.5. The fourth-order valence-corrected chi connectivity index (χ4v) is 2.95. The van der Waals surface area contributed by atoms with Crippen LogP contribution in [0.5, 0.6) is 0 Å². The molecule has 1 N–H and O–H groups in total. The Morgan fingerprint density at radius 2 is 1.68 bits per heavy atom. The number of benzene rings is 2. The highest BCUT2D eigenvalue weighted by atomic mass is 79.9. The van der Waals surface area contributed by atoms with Gasteiger partial charge in [0.15, 0.2) is 0 Å². The van der Waals surface area contributed by atoms with Crippen molar-refractivity contribution < 1.29 is 9.50 Å². The van der Waals surface area contributed by atoms with Gasteiger partial charge in [0.25, 0.3) is 0 Å². The third-order valence-electron chi connectivity index (χ3n) is 3.02. The quantitative estimate of drug-likeness (QED) is 0.764. The van der Waals surface area contributed by atoms with E-state index in [-0.39, 0.29) is 5.56 Å². The Morgan fingerprint density at radius 1 is 1.00 bits per heavy atom. The number of hydrogen-bond acceptors (Lipinski definition) is 1. The highest BCUT2D eigenvalue weighted by Gasteiger charge is 2.18. The predicted molar refractivity (Wildman–Crippen MR) is 81.8 cm³/mol. The summed E-state index contributed by atoms with van der Waals surface area (Å²) in [6.45, 7) is 3.83. The van der Waals surface area contributed by atoms with Gasteiger partial charge in [0, 0.05) is 20.1 Å². The first-order valence-corrected chi connectivity index (χ1v) is 7.38. The van der Waals surface area contributed by atoms with Crippen LogP contribution in [-0.4, -0.2) is 5.11 Å². The average Bonchev–Trinajstić information content (AvgIpc) is 2.36. The number of halogens is 3. The van der Waals surface area contributed by atoms with Gasteiger partial charge in [-0.2, -0.15) is 0 Å². The number of aliphatic hydroxyl groups excluding tert-OH is 1. The summed E-state index contributed by atoms with van der Waals surface area (Å²) in [4.78, 5) is 0. The standard InChI is InChI=1S/C15H13Br2FO/c1-8-3-4-14(18)11(5-8)15(19)10-7-12(16)9(2)6-13(10)17/h3-7,15,19H,1-2H3. The largest absolute Gasteiger partial charge is 0.384 e. The molecule has 2 aromatic carbocycles. The van der Waals surface area contributed by atoms with Crippen LogP contribution < -0.4 is 0 Å². The lowest BCUT2D eigenvalue weighted by atomic mass is 9.98. The molecule has 0 spiro atoms. The van der Waals surface area contributed by atoms with Gasteiger partial charge in [-0.1, -0.05) is 49.6 Å². The highest BCUT2D eigenvalue weighted by molar-refractivity contribution is 9.11. The third-order valence-corrected chi connectivity index (χ3v) is 4.56. The molecule has 0 heterocycles. The molecule has 0 saturated carbocycles. The molecule has 0 aromatic heterocycles. The first kappa shape index (κ1) is 14.7. The van der Waals surface area contributed by atoms with Crippen molar-refractivity contribution in [3.8, 4) is 0 Å². The van der Waals surface area contributed by atoms with E-state index in [0.29, 0.717) is 5.56 Å². The van der Waals surface area contributed by atoms with E-state index in [1.165, 1.54) is 6.07 Å². The summed E-state index contributed by atoms with van der Waals surface area (Å²) in [6.07, 6.45) is -0.994. The molecule has 100 valence electrons. The van der Waals surface area contributed by atoms with Crippen LogP contribution in [0.3, 0.4) is 0 Å².